The second-order valence-corrected chi connectivity index (χ2v) is 5.50. The molecule has 0 spiro atoms. The van der Waals surface area contributed by atoms with E-state index in [0.29, 0.717) is 10.9 Å². The van der Waals surface area contributed by atoms with Crippen LogP contribution in [0.1, 0.15) is 12.8 Å². The van der Waals surface area contributed by atoms with Crippen molar-refractivity contribution < 1.29 is 4.79 Å². The minimum absolute atomic E-state index is 0.133. The predicted molar refractivity (Wildman–Crippen MR) is 71.4 cm³/mol. The summed E-state index contributed by atoms with van der Waals surface area (Å²) in [6, 6.07) is 5.37. The van der Waals surface area contributed by atoms with E-state index in [2.05, 4.69) is 20.9 Å². The first-order valence-corrected chi connectivity index (χ1v) is 6.62. The third-order valence-corrected chi connectivity index (χ3v) is 3.64. The Hall–Kier alpha value is -1.49. The van der Waals surface area contributed by atoms with Gasteiger partial charge < -0.3 is 0 Å². The molecule has 4 nitrogen and oxygen atoms in total. The number of hydrogen-bond acceptors (Lipinski definition) is 3. The van der Waals surface area contributed by atoms with Crippen LogP contribution in [-0.2, 0) is 11.3 Å². The number of ketones is 1. The van der Waals surface area contributed by atoms with Crippen LogP contribution in [0.2, 0.25) is 0 Å². The van der Waals surface area contributed by atoms with Crippen LogP contribution in [0.25, 0.3) is 10.9 Å². The second kappa shape index (κ2) is 4.31. The number of carbonyl (C=O) groups is 1. The van der Waals surface area contributed by atoms with Crippen molar-refractivity contribution in [2.24, 2.45) is 5.92 Å². The van der Waals surface area contributed by atoms with Crippen molar-refractivity contribution >= 4 is 32.6 Å². The molecule has 2 aromatic rings. The summed E-state index contributed by atoms with van der Waals surface area (Å²) in [5.41, 5.74) is 0.494. The molecule has 1 saturated carbocycles. The Kier molecular flexibility index (Phi) is 2.78. The molecule has 0 radical (unpaired) electrons. The van der Waals surface area contributed by atoms with Crippen LogP contribution < -0.4 is 5.56 Å². The van der Waals surface area contributed by atoms with E-state index in [1.54, 1.807) is 12.1 Å². The van der Waals surface area contributed by atoms with Gasteiger partial charge in [-0.2, -0.15) is 0 Å². The first-order chi connectivity index (χ1) is 8.65. The van der Waals surface area contributed by atoms with Gasteiger partial charge in [-0.1, -0.05) is 15.9 Å². The number of nitrogens with zero attached hydrogens (tertiary/aromatic N) is 2. The van der Waals surface area contributed by atoms with Crippen LogP contribution in [0.15, 0.2) is 33.8 Å². The van der Waals surface area contributed by atoms with Gasteiger partial charge in [0.05, 0.1) is 23.8 Å². The molecular weight excluding hydrogens is 296 g/mol. The fourth-order valence-corrected chi connectivity index (χ4v) is 2.31. The standard InChI is InChI=1S/C13H11BrN2O2/c14-9-3-4-11-10(5-9)13(18)16(7-15-11)6-12(17)8-1-2-8/h3-5,7-8H,1-2,6H2. The van der Waals surface area contributed by atoms with Gasteiger partial charge in [0.15, 0.2) is 5.78 Å². The minimum atomic E-state index is -0.157. The molecule has 0 aliphatic heterocycles. The van der Waals surface area contributed by atoms with E-state index in [-0.39, 0.29) is 23.8 Å². The van der Waals surface area contributed by atoms with Gasteiger partial charge in [0.25, 0.3) is 5.56 Å². The van der Waals surface area contributed by atoms with Crippen molar-refractivity contribution in [1.82, 2.24) is 9.55 Å². The van der Waals surface area contributed by atoms with E-state index in [4.69, 9.17) is 0 Å². The lowest BCUT2D eigenvalue weighted by atomic mass is 10.2. The fourth-order valence-electron chi connectivity index (χ4n) is 1.95. The molecule has 0 bridgehead atoms. The molecular formula is C13H11BrN2O2. The van der Waals surface area contributed by atoms with Crippen molar-refractivity contribution in [2.45, 2.75) is 19.4 Å². The Balaban J connectivity index is 2.04. The van der Waals surface area contributed by atoms with Crippen molar-refractivity contribution in [3.05, 3.63) is 39.4 Å². The predicted octanol–water partition coefficient (Wildman–Crippen LogP) is 2.14. The summed E-state index contributed by atoms with van der Waals surface area (Å²) in [6.45, 7) is 0.138. The van der Waals surface area contributed by atoms with Gasteiger partial charge in [-0.3, -0.25) is 14.2 Å². The lowest BCUT2D eigenvalue weighted by Crippen LogP contribution is -2.25. The van der Waals surface area contributed by atoms with E-state index < -0.39 is 0 Å². The number of Topliss-reactive ketones (excluding diaryl/α,β-unsaturated/α-hetero) is 1. The van der Waals surface area contributed by atoms with Crippen LogP contribution in [0.3, 0.4) is 0 Å². The zero-order valence-electron chi connectivity index (χ0n) is 9.60. The smallest absolute Gasteiger partial charge is 0.261 e. The molecule has 1 fully saturated rings. The van der Waals surface area contributed by atoms with E-state index in [1.165, 1.54) is 10.9 Å². The highest BCUT2D eigenvalue weighted by atomic mass is 79.9. The number of halogens is 1. The van der Waals surface area contributed by atoms with Gasteiger partial charge in [0, 0.05) is 10.4 Å². The molecule has 3 rings (SSSR count). The largest absolute Gasteiger partial charge is 0.297 e. The van der Waals surface area contributed by atoms with Gasteiger partial charge in [0.2, 0.25) is 0 Å². The van der Waals surface area contributed by atoms with Crippen molar-refractivity contribution in [3.8, 4) is 0 Å². The van der Waals surface area contributed by atoms with E-state index in [9.17, 15) is 9.59 Å². The average molecular weight is 307 g/mol. The number of hydrogen-bond donors (Lipinski definition) is 0. The molecule has 5 heteroatoms. The molecule has 1 aliphatic rings. The van der Waals surface area contributed by atoms with Crippen molar-refractivity contribution in [2.75, 3.05) is 0 Å². The van der Waals surface area contributed by atoms with Crippen LogP contribution in [-0.4, -0.2) is 15.3 Å². The number of carbonyl (C=O) groups excluding carboxylic acids is 1. The number of rotatable bonds is 3. The highest BCUT2D eigenvalue weighted by Crippen LogP contribution is 2.30. The summed E-state index contributed by atoms with van der Waals surface area (Å²) >= 11 is 3.33. The SMILES string of the molecule is O=C(Cn1cnc2ccc(Br)cc2c1=O)C1CC1. The lowest BCUT2D eigenvalue weighted by molar-refractivity contribution is -0.120. The van der Waals surface area contributed by atoms with Crippen molar-refractivity contribution in [1.29, 1.82) is 0 Å². The average Bonchev–Trinajstić information content (AvgIpc) is 3.17. The van der Waals surface area contributed by atoms with Crippen LogP contribution in [0.4, 0.5) is 0 Å². The quantitative estimate of drug-likeness (QED) is 0.873. The molecule has 92 valence electrons. The summed E-state index contributed by atoms with van der Waals surface area (Å²) in [4.78, 5) is 28.1. The van der Waals surface area contributed by atoms with Gasteiger partial charge in [-0.25, -0.2) is 4.98 Å². The molecule has 0 amide bonds. The van der Waals surface area contributed by atoms with E-state index in [0.717, 1.165) is 17.3 Å². The Morgan fingerprint density at radius 3 is 2.94 bits per heavy atom. The summed E-state index contributed by atoms with van der Waals surface area (Å²) < 4.78 is 2.23. The zero-order chi connectivity index (χ0) is 12.7. The topological polar surface area (TPSA) is 52.0 Å². The molecule has 1 aliphatic carbocycles. The Labute approximate surface area is 112 Å². The number of fused-ring (bicyclic) bond motifs is 1. The van der Waals surface area contributed by atoms with Crippen molar-refractivity contribution in [3.63, 3.8) is 0 Å². The summed E-state index contributed by atoms with van der Waals surface area (Å²) in [6.07, 6.45) is 3.37. The first-order valence-electron chi connectivity index (χ1n) is 5.82. The molecule has 0 N–H and O–H groups in total. The highest BCUT2D eigenvalue weighted by molar-refractivity contribution is 9.10. The number of benzene rings is 1. The third kappa shape index (κ3) is 2.10. The van der Waals surface area contributed by atoms with Crippen LogP contribution in [0.5, 0.6) is 0 Å². The molecule has 1 aromatic heterocycles. The molecule has 1 aromatic carbocycles. The third-order valence-electron chi connectivity index (χ3n) is 3.14. The van der Waals surface area contributed by atoms with Gasteiger partial charge in [0.1, 0.15) is 0 Å². The molecule has 0 saturated heterocycles. The number of aromatic nitrogens is 2. The molecule has 0 unspecified atom stereocenters. The molecule has 1 heterocycles. The maximum absolute atomic E-state index is 12.2. The Morgan fingerprint density at radius 2 is 2.22 bits per heavy atom. The maximum Gasteiger partial charge on any atom is 0.261 e. The molecule has 0 atom stereocenters. The molecule has 18 heavy (non-hydrogen) atoms. The summed E-state index contributed by atoms with van der Waals surface area (Å²) in [5.74, 6) is 0.295. The van der Waals surface area contributed by atoms with Gasteiger partial charge in [-0.15, -0.1) is 0 Å². The first kappa shape index (κ1) is 11.6. The Bertz CT molecular complexity index is 689. The van der Waals surface area contributed by atoms with Gasteiger partial charge in [-0.05, 0) is 31.0 Å². The van der Waals surface area contributed by atoms with E-state index in [1.807, 2.05) is 6.07 Å². The highest BCUT2D eigenvalue weighted by Gasteiger charge is 2.29. The zero-order valence-corrected chi connectivity index (χ0v) is 11.2. The summed E-state index contributed by atoms with van der Waals surface area (Å²) in [7, 11) is 0. The maximum atomic E-state index is 12.2. The Morgan fingerprint density at radius 1 is 1.44 bits per heavy atom. The fraction of sp³-hybridized carbons (Fsp3) is 0.308. The normalized spacial score (nSPS) is 14.9. The minimum Gasteiger partial charge on any atom is -0.297 e. The second-order valence-electron chi connectivity index (χ2n) is 4.58. The van der Waals surface area contributed by atoms with Crippen LogP contribution >= 0.6 is 15.9 Å². The van der Waals surface area contributed by atoms with E-state index >= 15 is 0 Å². The summed E-state index contributed by atoms with van der Waals surface area (Å²) in [5, 5.41) is 0.537. The van der Waals surface area contributed by atoms with Crippen LogP contribution in [0, 0.1) is 5.92 Å². The monoisotopic (exact) mass is 306 g/mol. The van der Waals surface area contributed by atoms with Gasteiger partial charge >= 0.3 is 0 Å². The lowest BCUT2D eigenvalue weighted by Gasteiger charge is -2.05.